The van der Waals surface area contributed by atoms with E-state index < -0.39 is 0 Å². The average molecular weight is 234 g/mol. The predicted molar refractivity (Wildman–Crippen MR) is 70.3 cm³/mol. The second kappa shape index (κ2) is 4.06. The van der Waals surface area contributed by atoms with Crippen molar-refractivity contribution in [1.29, 1.82) is 0 Å². The van der Waals surface area contributed by atoms with E-state index in [9.17, 15) is 0 Å². The third-order valence-electron chi connectivity index (χ3n) is 3.00. The molecule has 1 nitrogen and oxygen atoms in total. The molecule has 2 heteroatoms. The van der Waals surface area contributed by atoms with Gasteiger partial charge in [-0.15, -0.1) is 0 Å². The summed E-state index contributed by atoms with van der Waals surface area (Å²) < 4.78 is 0. The van der Waals surface area contributed by atoms with Crippen molar-refractivity contribution in [3.63, 3.8) is 0 Å². The van der Waals surface area contributed by atoms with Crippen molar-refractivity contribution in [3.05, 3.63) is 40.0 Å². The van der Waals surface area contributed by atoms with Gasteiger partial charge in [-0.3, -0.25) is 4.98 Å². The lowest BCUT2D eigenvalue weighted by molar-refractivity contribution is 0.859. The Morgan fingerprint density at radius 1 is 1.19 bits per heavy atom. The molecule has 0 saturated carbocycles. The Hall–Kier alpha value is -1.08. The van der Waals surface area contributed by atoms with Gasteiger partial charge in [-0.2, -0.15) is 0 Å². The Bertz CT molecular complexity index is 544. The minimum absolute atomic E-state index is 0.489. The van der Waals surface area contributed by atoms with Crippen LogP contribution in [0.3, 0.4) is 0 Å². The topological polar surface area (TPSA) is 12.9 Å². The first-order valence-electron chi connectivity index (χ1n) is 5.57. The highest BCUT2D eigenvalue weighted by Crippen LogP contribution is 2.31. The molecule has 0 aliphatic heterocycles. The number of aryl methyl sites for hydroxylation is 2. The van der Waals surface area contributed by atoms with Crippen LogP contribution in [0.4, 0.5) is 0 Å². The molecule has 0 spiro atoms. The number of fused-ring (bicyclic) bond motifs is 1. The van der Waals surface area contributed by atoms with Gasteiger partial charge in [0.1, 0.15) is 0 Å². The molecule has 0 aliphatic rings. The van der Waals surface area contributed by atoms with Gasteiger partial charge in [-0.25, -0.2) is 0 Å². The zero-order chi connectivity index (χ0) is 11.9. The molecule has 0 saturated heterocycles. The smallest absolute Gasteiger partial charge is 0.0894 e. The number of halogens is 1. The van der Waals surface area contributed by atoms with E-state index >= 15 is 0 Å². The highest BCUT2D eigenvalue weighted by atomic mass is 35.5. The quantitative estimate of drug-likeness (QED) is 0.700. The van der Waals surface area contributed by atoms with E-state index in [0.29, 0.717) is 5.92 Å². The maximum Gasteiger partial charge on any atom is 0.0894 e. The minimum atomic E-state index is 0.489. The highest BCUT2D eigenvalue weighted by Gasteiger charge is 2.11. The van der Waals surface area contributed by atoms with Crippen LogP contribution in [0.15, 0.2) is 18.2 Å². The van der Waals surface area contributed by atoms with Gasteiger partial charge in [-0.1, -0.05) is 31.5 Å². The van der Waals surface area contributed by atoms with Crippen molar-refractivity contribution in [2.24, 2.45) is 0 Å². The summed E-state index contributed by atoms with van der Waals surface area (Å²) in [4.78, 5) is 4.50. The standard InChI is InChI=1S/C14H16ClN/c1-8(2)12-7-13(15)14-11(10(12)4)6-5-9(3)16-14/h5-8H,1-4H3. The highest BCUT2D eigenvalue weighted by molar-refractivity contribution is 6.35. The second-order valence-corrected chi connectivity index (χ2v) is 4.98. The van der Waals surface area contributed by atoms with Crippen molar-refractivity contribution in [2.75, 3.05) is 0 Å². The van der Waals surface area contributed by atoms with E-state index in [1.165, 1.54) is 16.5 Å². The van der Waals surface area contributed by atoms with Gasteiger partial charge in [-0.05, 0) is 43.0 Å². The van der Waals surface area contributed by atoms with E-state index in [-0.39, 0.29) is 0 Å². The molecule has 0 fully saturated rings. The van der Waals surface area contributed by atoms with Gasteiger partial charge >= 0.3 is 0 Å². The summed E-state index contributed by atoms with van der Waals surface area (Å²) in [5.74, 6) is 0.489. The van der Waals surface area contributed by atoms with Crippen LogP contribution in [-0.4, -0.2) is 4.98 Å². The summed E-state index contributed by atoms with van der Waals surface area (Å²) >= 11 is 6.29. The van der Waals surface area contributed by atoms with Crippen molar-refractivity contribution in [2.45, 2.75) is 33.6 Å². The van der Waals surface area contributed by atoms with Gasteiger partial charge in [0.25, 0.3) is 0 Å². The second-order valence-electron chi connectivity index (χ2n) is 4.58. The van der Waals surface area contributed by atoms with Gasteiger partial charge in [0.15, 0.2) is 0 Å². The lowest BCUT2D eigenvalue weighted by atomic mass is 9.95. The molecule has 16 heavy (non-hydrogen) atoms. The van der Waals surface area contributed by atoms with E-state index in [2.05, 4.69) is 37.9 Å². The number of rotatable bonds is 1. The fourth-order valence-electron chi connectivity index (χ4n) is 2.11. The number of aromatic nitrogens is 1. The molecule has 0 N–H and O–H groups in total. The molecule has 0 aliphatic carbocycles. The Morgan fingerprint density at radius 2 is 1.88 bits per heavy atom. The summed E-state index contributed by atoms with van der Waals surface area (Å²) in [5.41, 5.74) is 4.53. The maximum atomic E-state index is 6.29. The molecule has 0 bridgehead atoms. The molecule has 0 atom stereocenters. The largest absolute Gasteiger partial charge is 0.252 e. The molecule has 1 aromatic carbocycles. The fraction of sp³-hybridized carbons (Fsp3) is 0.357. The average Bonchev–Trinajstić information content (AvgIpc) is 2.22. The zero-order valence-corrected chi connectivity index (χ0v) is 10.9. The predicted octanol–water partition coefficient (Wildman–Crippen LogP) is 4.63. The van der Waals surface area contributed by atoms with Crippen LogP contribution in [0.25, 0.3) is 10.9 Å². The van der Waals surface area contributed by atoms with Crippen LogP contribution < -0.4 is 0 Å². The molecular formula is C14H16ClN. The molecule has 2 rings (SSSR count). The normalized spacial score (nSPS) is 11.4. The molecule has 0 radical (unpaired) electrons. The number of pyridine rings is 1. The Morgan fingerprint density at radius 3 is 2.50 bits per heavy atom. The molecule has 0 amide bonds. The Labute approximate surface area is 101 Å². The van der Waals surface area contributed by atoms with Crippen LogP contribution in [0.2, 0.25) is 5.02 Å². The SMILES string of the molecule is Cc1ccc2c(C)c(C(C)C)cc(Cl)c2n1. The fourth-order valence-corrected chi connectivity index (χ4v) is 2.37. The minimum Gasteiger partial charge on any atom is -0.252 e. The lowest BCUT2D eigenvalue weighted by Crippen LogP contribution is -1.95. The summed E-state index contributed by atoms with van der Waals surface area (Å²) in [6.45, 7) is 8.50. The molecule has 1 heterocycles. The van der Waals surface area contributed by atoms with Crippen LogP contribution >= 0.6 is 11.6 Å². The molecule has 0 unspecified atom stereocenters. The van der Waals surface area contributed by atoms with Crippen LogP contribution in [0.5, 0.6) is 0 Å². The van der Waals surface area contributed by atoms with Gasteiger partial charge in [0, 0.05) is 11.1 Å². The lowest BCUT2D eigenvalue weighted by Gasteiger charge is -2.13. The van der Waals surface area contributed by atoms with Crippen molar-refractivity contribution < 1.29 is 0 Å². The van der Waals surface area contributed by atoms with E-state index in [0.717, 1.165) is 16.2 Å². The first-order valence-corrected chi connectivity index (χ1v) is 5.95. The number of hydrogen-bond acceptors (Lipinski definition) is 1. The summed E-state index contributed by atoms with van der Waals surface area (Å²) in [6, 6.07) is 6.21. The number of benzene rings is 1. The number of nitrogens with zero attached hydrogens (tertiary/aromatic N) is 1. The Balaban J connectivity index is 2.84. The molecule has 84 valence electrons. The third kappa shape index (κ3) is 1.80. The van der Waals surface area contributed by atoms with Crippen LogP contribution in [0, 0.1) is 13.8 Å². The van der Waals surface area contributed by atoms with Gasteiger partial charge in [0.2, 0.25) is 0 Å². The van der Waals surface area contributed by atoms with Gasteiger partial charge < -0.3 is 0 Å². The molecule has 1 aromatic heterocycles. The summed E-state index contributed by atoms with van der Waals surface area (Å²) in [7, 11) is 0. The van der Waals surface area contributed by atoms with E-state index in [1.54, 1.807) is 0 Å². The van der Waals surface area contributed by atoms with E-state index in [4.69, 9.17) is 11.6 Å². The first-order chi connectivity index (χ1) is 7.50. The molecular weight excluding hydrogens is 218 g/mol. The molecule has 2 aromatic rings. The maximum absolute atomic E-state index is 6.29. The van der Waals surface area contributed by atoms with Crippen molar-refractivity contribution in [1.82, 2.24) is 4.98 Å². The number of hydrogen-bond donors (Lipinski definition) is 0. The summed E-state index contributed by atoms with van der Waals surface area (Å²) in [5, 5.41) is 1.93. The summed E-state index contributed by atoms with van der Waals surface area (Å²) in [6.07, 6.45) is 0. The first kappa shape index (κ1) is 11.4. The van der Waals surface area contributed by atoms with Gasteiger partial charge in [0.05, 0.1) is 10.5 Å². The third-order valence-corrected chi connectivity index (χ3v) is 3.29. The Kier molecular flexibility index (Phi) is 2.90. The monoisotopic (exact) mass is 233 g/mol. The van der Waals surface area contributed by atoms with Crippen LogP contribution in [-0.2, 0) is 0 Å². The van der Waals surface area contributed by atoms with Crippen molar-refractivity contribution >= 4 is 22.5 Å². The van der Waals surface area contributed by atoms with Crippen LogP contribution in [0.1, 0.15) is 36.6 Å². The van der Waals surface area contributed by atoms with E-state index in [1.807, 2.05) is 13.0 Å². The van der Waals surface area contributed by atoms with Crippen molar-refractivity contribution in [3.8, 4) is 0 Å². The zero-order valence-electron chi connectivity index (χ0n) is 10.1.